The third-order valence-corrected chi connectivity index (χ3v) is 4.77. The zero-order valence-corrected chi connectivity index (χ0v) is 14.6. The molecule has 1 aliphatic heterocycles. The predicted octanol–water partition coefficient (Wildman–Crippen LogP) is 3.71. The van der Waals surface area contributed by atoms with Gasteiger partial charge in [-0.3, -0.25) is 0 Å². The van der Waals surface area contributed by atoms with Crippen LogP contribution in [0.1, 0.15) is 24.1 Å². The molecule has 3 aromatic rings. The highest BCUT2D eigenvalue weighted by Crippen LogP contribution is 2.32. The third kappa shape index (κ3) is 3.05. The Morgan fingerprint density at radius 2 is 1.70 bits per heavy atom. The van der Waals surface area contributed by atoms with Crippen LogP contribution in [0.25, 0.3) is 16.7 Å². The van der Waals surface area contributed by atoms with Gasteiger partial charge in [-0.05, 0) is 43.5 Å². The molecule has 5 nitrogen and oxygen atoms in total. The van der Waals surface area contributed by atoms with Gasteiger partial charge in [0, 0.05) is 13.1 Å². The summed E-state index contributed by atoms with van der Waals surface area (Å²) in [5.41, 5.74) is -0.475. The molecule has 0 unspecified atom stereocenters. The second kappa shape index (κ2) is 6.37. The second-order valence-electron chi connectivity index (χ2n) is 6.60. The number of halogens is 3. The number of aryl methyl sites for hydroxylation is 1. The maximum Gasteiger partial charge on any atom is 0.433 e. The number of hydrogen-bond donors (Lipinski definition) is 0. The minimum Gasteiger partial charge on any atom is -0.356 e. The molecule has 1 fully saturated rings. The van der Waals surface area contributed by atoms with Crippen molar-refractivity contribution in [2.75, 3.05) is 18.0 Å². The topological polar surface area (TPSA) is 51.0 Å². The van der Waals surface area contributed by atoms with Crippen LogP contribution in [0.2, 0.25) is 0 Å². The van der Waals surface area contributed by atoms with Crippen LogP contribution in [0.5, 0.6) is 0 Å². The quantitative estimate of drug-likeness (QED) is 0.686. The van der Waals surface area contributed by atoms with Crippen molar-refractivity contribution < 1.29 is 13.2 Å². The van der Waals surface area contributed by atoms with E-state index in [1.165, 1.54) is 10.6 Å². The number of anilines is 1. The molecule has 0 spiro atoms. The summed E-state index contributed by atoms with van der Waals surface area (Å²) >= 11 is 0. The molecular formula is C19H17F3N4O. The normalized spacial score (nSPS) is 14.9. The highest BCUT2D eigenvalue weighted by molar-refractivity contribution is 5.88. The summed E-state index contributed by atoms with van der Waals surface area (Å²) in [6.45, 7) is 3.23. The van der Waals surface area contributed by atoms with Crippen molar-refractivity contribution in [1.29, 1.82) is 0 Å². The summed E-state index contributed by atoms with van der Waals surface area (Å²) in [4.78, 5) is 22.8. The fraction of sp³-hybridized carbons (Fsp3) is 0.316. The Morgan fingerprint density at radius 1 is 1.00 bits per heavy atom. The first-order chi connectivity index (χ1) is 12.9. The first-order valence-corrected chi connectivity index (χ1v) is 8.68. The summed E-state index contributed by atoms with van der Waals surface area (Å²) in [5.74, 6) is 0.401. The highest BCUT2D eigenvalue weighted by Gasteiger charge is 2.33. The number of pyridine rings is 1. The molecule has 1 aromatic carbocycles. The van der Waals surface area contributed by atoms with E-state index in [9.17, 15) is 18.0 Å². The Hall–Kier alpha value is -2.90. The lowest BCUT2D eigenvalue weighted by Gasteiger charge is -2.20. The molecule has 4 rings (SSSR count). The number of aromatic nitrogens is 3. The monoisotopic (exact) mass is 374 g/mol. The zero-order chi connectivity index (χ0) is 19.2. The highest BCUT2D eigenvalue weighted by atomic mass is 19.4. The van der Waals surface area contributed by atoms with Crippen LogP contribution in [0.4, 0.5) is 19.0 Å². The molecule has 3 heterocycles. The summed E-state index contributed by atoms with van der Waals surface area (Å²) in [6.07, 6.45) is -2.69. The van der Waals surface area contributed by atoms with Crippen LogP contribution in [0.15, 0.2) is 41.2 Å². The van der Waals surface area contributed by atoms with Gasteiger partial charge in [0.1, 0.15) is 11.5 Å². The second-order valence-corrected chi connectivity index (χ2v) is 6.60. The van der Waals surface area contributed by atoms with Crippen molar-refractivity contribution in [1.82, 2.24) is 14.5 Å². The number of hydrogen-bond acceptors (Lipinski definition) is 4. The van der Waals surface area contributed by atoms with Crippen LogP contribution < -0.4 is 10.6 Å². The summed E-state index contributed by atoms with van der Waals surface area (Å²) in [5, 5.41) is 0.438. The molecular weight excluding hydrogens is 357 g/mol. The molecule has 27 heavy (non-hydrogen) atoms. The Labute approximate surface area is 153 Å². The lowest BCUT2D eigenvalue weighted by molar-refractivity contribution is -0.141. The number of fused-ring (bicyclic) bond motifs is 1. The molecule has 1 aliphatic rings. The van der Waals surface area contributed by atoms with Gasteiger partial charge in [0.05, 0.1) is 11.1 Å². The Bertz CT molecular complexity index is 1070. The summed E-state index contributed by atoms with van der Waals surface area (Å²) < 4.78 is 40.9. The molecule has 0 bridgehead atoms. The largest absolute Gasteiger partial charge is 0.433 e. The van der Waals surface area contributed by atoms with Crippen molar-refractivity contribution in [2.45, 2.75) is 25.9 Å². The van der Waals surface area contributed by atoms with E-state index < -0.39 is 17.6 Å². The maximum absolute atomic E-state index is 13.3. The van der Waals surface area contributed by atoms with E-state index in [4.69, 9.17) is 0 Å². The van der Waals surface area contributed by atoms with Crippen LogP contribution in [0, 0.1) is 6.92 Å². The van der Waals surface area contributed by atoms with Gasteiger partial charge in [-0.15, -0.1) is 0 Å². The van der Waals surface area contributed by atoms with Gasteiger partial charge in [0.15, 0.2) is 5.65 Å². The summed E-state index contributed by atoms with van der Waals surface area (Å²) in [6, 6.07) is 9.29. The molecule has 0 saturated carbocycles. The van der Waals surface area contributed by atoms with Gasteiger partial charge in [-0.25, -0.2) is 14.3 Å². The Kier molecular flexibility index (Phi) is 4.13. The third-order valence-electron chi connectivity index (χ3n) is 4.77. The standard InChI is InChI=1S/C19H17F3N4O/c1-12-6-2-3-7-14(12)26-17-13(8-9-15(23-17)19(20,21)22)16(24-18(26)27)25-10-4-5-11-25/h2-3,6-9H,4-5,10-11H2,1H3. The van der Waals surface area contributed by atoms with Gasteiger partial charge in [-0.1, -0.05) is 18.2 Å². The fourth-order valence-electron chi connectivity index (χ4n) is 3.44. The molecule has 0 N–H and O–H groups in total. The van der Waals surface area contributed by atoms with Gasteiger partial charge in [-0.2, -0.15) is 18.2 Å². The number of nitrogens with zero attached hydrogens (tertiary/aromatic N) is 4. The van der Waals surface area contributed by atoms with Crippen LogP contribution >= 0.6 is 0 Å². The number of alkyl halides is 3. The van der Waals surface area contributed by atoms with Gasteiger partial charge in [0.2, 0.25) is 0 Å². The van der Waals surface area contributed by atoms with Crippen LogP contribution in [-0.2, 0) is 6.18 Å². The van der Waals surface area contributed by atoms with Crippen molar-refractivity contribution in [3.05, 3.63) is 58.1 Å². The van der Waals surface area contributed by atoms with Gasteiger partial charge < -0.3 is 4.90 Å². The number of rotatable bonds is 2. The molecule has 8 heteroatoms. The first-order valence-electron chi connectivity index (χ1n) is 8.68. The van der Waals surface area contributed by atoms with Gasteiger partial charge >= 0.3 is 11.9 Å². The molecule has 140 valence electrons. The van der Waals surface area contributed by atoms with E-state index in [2.05, 4.69) is 9.97 Å². The SMILES string of the molecule is Cc1ccccc1-n1c(=O)nc(N2CCCC2)c2ccc(C(F)(F)F)nc21. The molecule has 0 aliphatic carbocycles. The van der Waals surface area contributed by atoms with E-state index >= 15 is 0 Å². The molecule has 1 saturated heterocycles. The van der Waals surface area contributed by atoms with Crippen LogP contribution in [-0.4, -0.2) is 27.6 Å². The van der Waals surface area contributed by atoms with E-state index in [0.717, 1.165) is 37.6 Å². The maximum atomic E-state index is 13.3. The van der Waals surface area contributed by atoms with E-state index in [-0.39, 0.29) is 5.65 Å². The number of benzene rings is 1. The predicted molar refractivity (Wildman–Crippen MR) is 96.3 cm³/mol. The lowest BCUT2D eigenvalue weighted by atomic mass is 10.2. The molecule has 0 radical (unpaired) electrons. The van der Waals surface area contributed by atoms with E-state index in [0.29, 0.717) is 16.9 Å². The minimum atomic E-state index is -4.60. The average Bonchev–Trinajstić information content (AvgIpc) is 3.15. The molecule has 0 atom stereocenters. The molecule has 0 amide bonds. The Balaban J connectivity index is 2.07. The average molecular weight is 374 g/mol. The van der Waals surface area contributed by atoms with Crippen molar-refractivity contribution >= 4 is 16.9 Å². The smallest absolute Gasteiger partial charge is 0.356 e. The lowest BCUT2D eigenvalue weighted by Crippen LogP contribution is -2.29. The first kappa shape index (κ1) is 17.5. The van der Waals surface area contributed by atoms with Gasteiger partial charge in [0.25, 0.3) is 0 Å². The van der Waals surface area contributed by atoms with E-state index in [1.807, 2.05) is 4.90 Å². The molecule has 2 aromatic heterocycles. The van der Waals surface area contributed by atoms with Crippen molar-refractivity contribution in [2.24, 2.45) is 0 Å². The van der Waals surface area contributed by atoms with Crippen molar-refractivity contribution in [3.8, 4) is 5.69 Å². The van der Waals surface area contributed by atoms with Crippen molar-refractivity contribution in [3.63, 3.8) is 0 Å². The minimum absolute atomic E-state index is 0.0268. The van der Waals surface area contributed by atoms with Crippen LogP contribution in [0.3, 0.4) is 0 Å². The fourth-order valence-corrected chi connectivity index (χ4v) is 3.44. The Morgan fingerprint density at radius 3 is 2.37 bits per heavy atom. The van der Waals surface area contributed by atoms with E-state index in [1.54, 1.807) is 31.2 Å². The zero-order valence-electron chi connectivity index (χ0n) is 14.6. The number of para-hydroxylation sites is 1. The summed E-state index contributed by atoms with van der Waals surface area (Å²) in [7, 11) is 0.